The summed E-state index contributed by atoms with van der Waals surface area (Å²) in [4.78, 5) is 0. The highest BCUT2D eigenvalue weighted by molar-refractivity contribution is 6.20. The summed E-state index contributed by atoms with van der Waals surface area (Å²) in [6.07, 6.45) is 8.79. The van der Waals surface area contributed by atoms with Gasteiger partial charge in [0, 0.05) is 10.8 Å². The lowest BCUT2D eigenvalue weighted by atomic mass is 10.2. The summed E-state index contributed by atoms with van der Waals surface area (Å²) in [5.74, 6) is 0. The molecule has 0 fully saturated rings. The third-order valence-corrected chi connectivity index (χ3v) is 2.60. The number of alkyl halides is 2. The van der Waals surface area contributed by atoms with Gasteiger partial charge in [0.2, 0.25) is 0 Å². The van der Waals surface area contributed by atoms with Crippen molar-refractivity contribution in [3.05, 3.63) is 0 Å². The first kappa shape index (κ1) is 18.0. The van der Waals surface area contributed by atoms with Gasteiger partial charge in [-0.15, -0.1) is 23.2 Å². The van der Waals surface area contributed by atoms with E-state index < -0.39 is 0 Å². The van der Waals surface area contributed by atoms with Crippen molar-refractivity contribution in [1.82, 2.24) is 0 Å². The summed E-state index contributed by atoms with van der Waals surface area (Å²) in [6.45, 7) is 8.48. The van der Waals surface area contributed by atoms with Crippen molar-refractivity contribution in [2.24, 2.45) is 0 Å². The van der Waals surface area contributed by atoms with Crippen LogP contribution in [-0.4, -0.2) is 10.8 Å². The Morgan fingerprint density at radius 3 is 1.40 bits per heavy atom. The van der Waals surface area contributed by atoms with Gasteiger partial charge in [0.05, 0.1) is 0 Å². The standard InChI is InChI=1S/C7H15Cl.C6H13Cl/c1-3-4-5-6-7(2)8;1-3-4-5-6(2)7/h7H,3-6H2,1-2H3;6H,3-5H2,1-2H3. The predicted octanol–water partition coefficient (Wildman–Crippen LogP) is 6.00. The lowest BCUT2D eigenvalue weighted by Gasteiger charge is -1.98. The number of unbranched alkanes of at least 4 members (excludes halogenated alkanes) is 3. The Bertz CT molecular complexity index is 101. The minimum atomic E-state index is 0.375. The van der Waals surface area contributed by atoms with E-state index in [9.17, 15) is 0 Å². The van der Waals surface area contributed by atoms with Crippen LogP contribution in [0.1, 0.15) is 72.6 Å². The van der Waals surface area contributed by atoms with Gasteiger partial charge in [0.25, 0.3) is 0 Å². The number of rotatable bonds is 7. The summed E-state index contributed by atoms with van der Waals surface area (Å²) in [7, 11) is 0. The molecule has 0 amide bonds. The molecule has 0 bridgehead atoms. The Morgan fingerprint density at radius 1 is 0.733 bits per heavy atom. The monoisotopic (exact) mass is 254 g/mol. The zero-order valence-electron chi connectivity index (χ0n) is 10.9. The fraction of sp³-hybridized carbons (Fsp3) is 1.00. The topological polar surface area (TPSA) is 0 Å². The molecule has 0 heterocycles. The van der Waals surface area contributed by atoms with E-state index in [0.29, 0.717) is 10.8 Å². The smallest absolute Gasteiger partial charge is 0.0307 e. The highest BCUT2D eigenvalue weighted by Gasteiger charge is 1.93. The van der Waals surface area contributed by atoms with Crippen LogP contribution in [0.25, 0.3) is 0 Å². The summed E-state index contributed by atoms with van der Waals surface area (Å²) in [5, 5.41) is 0.751. The Hall–Kier alpha value is 0.580. The number of hydrogen-bond donors (Lipinski definition) is 0. The molecule has 0 rings (SSSR count). The normalized spacial score (nSPS) is 14.0. The van der Waals surface area contributed by atoms with Crippen molar-refractivity contribution in [2.75, 3.05) is 0 Å². The second-order valence-electron chi connectivity index (χ2n) is 4.20. The molecule has 0 aromatic heterocycles. The molecule has 94 valence electrons. The third-order valence-electron chi connectivity index (χ3n) is 2.16. The van der Waals surface area contributed by atoms with Crippen LogP contribution < -0.4 is 0 Å². The average molecular weight is 255 g/mol. The Balaban J connectivity index is 0. The first-order chi connectivity index (χ1) is 7.04. The van der Waals surface area contributed by atoms with Gasteiger partial charge in [-0.3, -0.25) is 0 Å². The van der Waals surface area contributed by atoms with Crippen LogP contribution in [0.3, 0.4) is 0 Å². The fourth-order valence-corrected chi connectivity index (χ4v) is 1.47. The number of hydrogen-bond acceptors (Lipinski definition) is 0. The molecule has 0 aliphatic carbocycles. The van der Waals surface area contributed by atoms with Crippen molar-refractivity contribution in [2.45, 2.75) is 83.4 Å². The van der Waals surface area contributed by atoms with Crippen molar-refractivity contribution < 1.29 is 0 Å². The van der Waals surface area contributed by atoms with Crippen molar-refractivity contribution in [3.8, 4) is 0 Å². The van der Waals surface area contributed by atoms with Gasteiger partial charge in [-0.2, -0.15) is 0 Å². The van der Waals surface area contributed by atoms with Crippen LogP contribution in [0.4, 0.5) is 0 Å². The SMILES string of the molecule is CCCCC(C)Cl.CCCCCC(C)Cl. The van der Waals surface area contributed by atoms with Crippen LogP contribution in [0.15, 0.2) is 0 Å². The summed E-state index contributed by atoms with van der Waals surface area (Å²) >= 11 is 11.4. The molecule has 2 unspecified atom stereocenters. The zero-order chi connectivity index (χ0) is 12.1. The summed E-state index contributed by atoms with van der Waals surface area (Å²) < 4.78 is 0. The molecule has 0 aromatic carbocycles. The van der Waals surface area contributed by atoms with Crippen molar-refractivity contribution in [3.63, 3.8) is 0 Å². The summed E-state index contributed by atoms with van der Waals surface area (Å²) in [5.41, 5.74) is 0. The molecule has 2 heteroatoms. The minimum absolute atomic E-state index is 0.375. The van der Waals surface area contributed by atoms with Crippen LogP contribution >= 0.6 is 23.2 Å². The second kappa shape index (κ2) is 14.6. The third kappa shape index (κ3) is 25.1. The molecule has 0 aliphatic heterocycles. The van der Waals surface area contributed by atoms with Gasteiger partial charge in [-0.05, 0) is 26.7 Å². The van der Waals surface area contributed by atoms with E-state index in [4.69, 9.17) is 23.2 Å². The Kier molecular flexibility index (Phi) is 17.5. The summed E-state index contributed by atoms with van der Waals surface area (Å²) in [6, 6.07) is 0. The molecule has 2 atom stereocenters. The molecule has 15 heavy (non-hydrogen) atoms. The van der Waals surface area contributed by atoms with Crippen molar-refractivity contribution in [1.29, 1.82) is 0 Å². The maximum atomic E-state index is 5.71. The average Bonchev–Trinajstić information content (AvgIpc) is 2.15. The van der Waals surface area contributed by atoms with Crippen LogP contribution in [0.2, 0.25) is 0 Å². The second-order valence-corrected chi connectivity index (χ2v) is 5.69. The van der Waals surface area contributed by atoms with Gasteiger partial charge in [0.1, 0.15) is 0 Å². The largest absolute Gasteiger partial charge is 0.123 e. The van der Waals surface area contributed by atoms with E-state index in [1.165, 1.54) is 38.5 Å². The maximum Gasteiger partial charge on any atom is 0.0307 e. The molecule has 0 saturated carbocycles. The van der Waals surface area contributed by atoms with Crippen molar-refractivity contribution >= 4 is 23.2 Å². The van der Waals surface area contributed by atoms with Crippen LogP contribution in [0.5, 0.6) is 0 Å². The highest BCUT2D eigenvalue weighted by atomic mass is 35.5. The molecule has 0 aliphatic rings. The zero-order valence-corrected chi connectivity index (χ0v) is 12.4. The van der Waals surface area contributed by atoms with E-state index in [1.54, 1.807) is 0 Å². The van der Waals surface area contributed by atoms with Gasteiger partial charge in [-0.25, -0.2) is 0 Å². The van der Waals surface area contributed by atoms with Crippen LogP contribution in [0, 0.1) is 0 Å². The lowest BCUT2D eigenvalue weighted by molar-refractivity contribution is 0.660. The van der Waals surface area contributed by atoms with Gasteiger partial charge < -0.3 is 0 Å². The fourth-order valence-electron chi connectivity index (χ4n) is 1.16. The minimum Gasteiger partial charge on any atom is -0.123 e. The highest BCUT2D eigenvalue weighted by Crippen LogP contribution is 2.07. The van der Waals surface area contributed by atoms with E-state index >= 15 is 0 Å². The lowest BCUT2D eigenvalue weighted by Crippen LogP contribution is -1.88. The first-order valence-corrected chi connectivity index (χ1v) is 7.19. The van der Waals surface area contributed by atoms with Crippen LogP contribution in [-0.2, 0) is 0 Å². The van der Waals surface area contributed by atoms with E-state index in [1.807, 2.05) is 6.92 Å². The molecule has 0 nitrogen and oxygen atoms in total. The molecular weight excluding hydrogens is 227 g/mol. The van der Waals surface area contributed by atoms with Gasteiger partial charge in [0.15, 0.2) is 0 Å². The molecule has 0 saturated heterocycles. The predicted molar refractivity (Wildman–Crippen MR) is 74.3 cm³/mol. The Labute approximate surface area is 107 Å². The number of halogens is 2. The van der Waals surface area contributed by atoms with E-state index in [-0.39, 0.29) is 0 Å². The first-order valence-electron chi connectivity index (χ1n) is 6.32. The molecular formula is C13H28Cl2. The van der Waals surface area contributed by atoms with E-state index in [2.05, 4.69) is 20.8 Å². The van der Waals surface area contributed by atoms with Gasteiger partial charge >= 0.3 is 0 Å². The van der Waals surface area contributed by atoms with Gasteiger partial charge in [-0.1, -0.05) is 46.0 Å². The molecule has 0 radical (unpaired) electrons. The quantitative estimate of drug-likeness (QED) is 0.386. The molecule has 0 aromatic rings. The molecule has 0 N–H and O–H groups in total. The molecule has 0 spiro atoms. The Morgan fingerprint density at radius 2 is 1.13 bits per heavy atom. The van der Waals surface area contributed by atoms with E-state index in [0.717, 1.165) is 6.42 Å². The maximum absolute atomic E-state index is 5.71.